The number of nitrogens with zero attached hydrogens (tertiary/aromatic N) is 1. The van der Waals surface area contributed by atoms with Crippen molar-refractivity contribution < 1.29 is 14.3 Å². The molecule has 0 aliphatic heterocycles. The van der Waals surface area contributed by atoms with Gasteiger partial charge in [-0.05, 0) is 56.9 Å². The summed E-state index contributed by atoms with van der Waals surface area (Å²) in [6, 6.07) is 28.0. The number of nitrogens with one attached hydrogen (secondary N) is 1. The molecule has 0 aliphatic carbocycles. The first-order chi connectivity index (χ1) is 18.0. The van der Waals surface area contributed by atoms with E-state index in [2.05, 4.69) is 21.2 Å². The van der Waals surface area contributed by atoms with Crippen LogP contribution in [0.2, 0.25) is 5.02 Å². The summed E-state index contributed by atoms with van der Waals surface area (Å²) >= 11 is 10.1. The second-order valence-electron chi connectivity index (χ2n) is 8.60. The van der Waals surface area contributed by atoms with E-state index in [9.17, 15) is 9.59 Å². The average molecular weight is 580 g/mol. The molecule has 0 aliphatic rings. The van der Waals surface area contributed by atoms with Crippen LogP contribution in [0.3, 0.4) is 0 Å². The normalized spacial score (nSPS) is 11.6. The molecule has 7 heteroatoms. The number of carbonyl (C=O) groups excluding carboxylic acids is 2. The van der Waals surface area contributed by atoms with Gasteiger partial charge in [0.1, 0.15) is 11.8 Å². The molecule has 0 fully saturated rings. The van der Waals surface area contributed by atoms with Crippen molar-refractivity contribution in [3.05, 3.63) is 112 Å². The van der Waals surface area contributed by atoms with E-state index in [0.717, 1.165) is 26.4 Å². The highest BCUT2D eigenvalue weighted by atomic mass is 79.9. The molecule has 1 N–H and O–H groups in total. The standard InChI is InChI=1S/C30H28BrClN2O3/c1-2-33-30(36)26(18-21-10-4-3-5-11-21)34(19-23-13-7-9-15-25(23)32)28(35)20-37-27-17-16-22-12-6-8-14-24(22)29(27)31/h3-17,26H,2,18-20H2,1H3,(H,33,36). The fourth-order valence-electron chi connectivity index (χ4n) is 4.20. The fourth-order valence-corrected chi connectivity index (χ4v) is 5.01. The van der Waals surface area contributed by atoms with Crippen molar-refractivity contribution in [3.8, 4) is 5.75 Å². The molecule has 4 aromatic rings. The van der Waals surface area contributed by atoms with Crippen LogP contribution in [0, 0.1) is 0 Å². The van der Waals surface area contributed by atoms with Gasteiger partial charge in [0.2, 0.25) is 5.91 Å². The van der Waals surface area contributed by atoms with Crippen molar-refractivity contribution in [2.45, 2.75) is 25.9 Å². The van der Waals surface area contributed by atoms with Crippen LogP contribution in [0.25, 0.3) is 10.8 Å². The fraction of sp³-hybridized carbons (Fsp3) is 0.200. The molecular weight excluding hydrogens is 552 g/mol. The van der Waals surface area contributed by atoms with Gasteiger partial charge in [-0.2, -0.15) is 0 Å². The third-order valence-electron chi connectivity index (χ3n) is 6.10. The maximum Gasteiger partial charge on any atom is 0.261 e. The molecule has 4 aromatic carbocycles. The highest BCUT2D eigenvalue weighted by Crippen LogP contribution is 2.33. The smallest absolute Gasteiger partial charge is 0.261 e. The van der Waals surface area contributed by atoms with Crippen molar-refractivity contribution in [1.29, 1.82) is 0 Å². The molecular formula is C30H28BrClN2O3. The quantitative estimate of drug-likeness (QED) is 0.236. The second-order valence-corrected chi connectivity index (χ2v) is 9.80. The maximum atomic E-state index is 13.7. The van der Waals surface area contributed by atoms with Gasteiger partial charge in [0.15, 0.2) is 6.61 Å². The molecule has 1 atom stereocenters. The van der Waals surface area contributed by atoms with Crippen molar-refractivity contribution >= 4 is 50.1 Å². The molecule has 2 amide bonds. The molecule has 0 saturated heterocycles. The molecule has 0 spiro atoms. The summed E-state index contributed by atoms with van der Waals surface area (Å²) < 4.78 is 6.77. The number of amides is 2. The third kappa shape index (κ3) is 6.70. The summed E-state index contributed by atoms with van der Waals surface area (Å²) in [5.41, 5.74) is 1.71. The van der Waals surface area contributed by atoms with Crippen molar-refractivity contribution in [3.63, 3.8) is 0 Å². The first-order valence-electron chi connectivity index (χ1n) is 12.1. The second kappa shape index (κ2) is 12.7. The molecule has 0 aromatic heterocycles. The number of benzene rings is 4. The van der Waals surface area contributed by atoms with Crippen LogP contribution in [0.15, 0.2) is 95.5 Å². The van der Waals surface area contributed by atoms with Gasteiger partial charge < -0.3 is 15.0 Å². The first kappa shape index (κ1) is 26.7. The van der Waals surface area contributed by atoms with Crippen LogP contribution in [-0.2, 0) is 22.6 Å². The summed E-state index contributed by atoms with van der Waals surface area (Å²) in [6.07, 6.45) is 0.364. The highest BCUT2D eigenvalue weighted by Gasteiger charge is 2.31. The third-order valence-corrected chi connectivity index (χ3v) is 7.29. The lowest BCUT2D eigenvalue weighted by atomic mass is 10.0. The Morgan fingerprint density at radius 1 is 0.946 bits per heavy atom. The van der Waals surface area contributed by atoms with Crippen LogP contribution in [0.4, 0.5) is 0 Å². The number of ether oxygens (including phenoxy) is 1. The van der Waals surface area contributed by atoms with E-state index in [1.54, 1.807) is 11.0 Å². The Morgan fingerprint density at radius 2 is 1.65 bits per heavy atom. The topological polar surface area (TPSA) is 58.6 Å². The summed E-state index contributed by atoms with van der Waals surface area (Å²) in [5, 5.41) is 5.48. The van der Waals surface area contributed by atoms with Crippen LogP contribution >= 0.6 is 27.5 Å². The number of fused-ring (bicyclic) bond motifs is 1. The monoisotopic (exact) mass is 578 g/mol. The summed E-state index contributed by atoms with van der Waals surface area (Å²) in [7, 11) is 0. The van der Waals surface area contributed by atoms with E-state index in [1.807, 2.05) is 91.9 Å². The predicted molar refractivity (Wildman–Crippen MR) is 152 cm³/mol. The zero-order chi connectivity index (χ0) is 26.2. The van der Waals surface area contributed by atoms with Gasteiger partial charge in [-0.15, -0.1) is 0 Å². The Hall–Kier alpha value is -3.35. The number of halogens is 2. The SMILES string of the molecule is CCNC(=O)C(Cc1ccccc1)N(Cc1ccccc1Cl)C(=O)COc1ccc2ccccc2c1Br. The van der Waals surface area contributed by atoms with Gasteiger partial charge in [-0.3, -0.25) is 9.59 Å². The summed E-state index contributed by atoms with van der Waals surface area (Å²) in [4.78, 5) is 28.5. The minimum Gasteiger partial charge on any atom is -0.483 e. The number of hydrogen-bond donors (Lipinski definition) is 1. The van der Waals surface area contributed by atoms with Gasteiger partial charge in [-0.1, -0.05) is 90.5 Å². The molecule has 190 valence electrons. The first-order valence-corrected chi connectivity index (χ1v) is 13.3. The minimum atomic E-state index is -0.741. The van der Waals surface area contributed by atoms with Crippen molar-refractivity contribution in [2.24, 2.45) is 0 Å². The number of carbonyl (C=O) groups is 2. The summed E-state index contributed by atoms with van der Waals surface area (Å²) in [5.74, 6) is 0.0215. The molecule has 0 saturated carbocycles. The number of hydrogen-bond acceptors (Lipinski definition) is 3. The Bertz CT molecular complexity index is 1380. The molecule has 37 heavy (non-hydrogen) atoms. The van der Waals surface area contributed by atoms with Gasteiger partial charge >= 0.3 is 0 Å². The molecule has 4 rings (SSSR count). The van der Waals surface area contributed by atoms with Gasteiger partial charge in [0.25, 0.3) is 5.91 Å². The number of likely N-dealkylation sites (N-methyl/N-ethyl adjacent to an activating group) is 1. The van der Waals surface area contributed by atoms with E-state index in [1.165, 1.54) is 0 Å². The van der Waals surface area contributed by atoms with E-state index in [0.29, 0.717) is 23.7 Å². The molecule has 0 heterocycles. The van der Waals surface area contributed by atoms with Gasteiger partial charge in [-0.25, -0.2) is 0 Å². The summed E-state index contributed by atoms with van der Waals surface area (Å²) in [6.45, 7) is 2.26. The van der Waals surface area contributed by atoms with Crippen molar-refractivity contribution in [1.82, 2.24) is 10.2 Å². The van der Waals surface area contributed by atoms with Crippen LogP contribution < -0.4 is 10.1 Å². The average Bonchev–Trinajstić information content (AvgIpc) is 2.92. The Balaban J connectivity index is 1.63. The Kier molecular flexibility index (Phi) is 9.20. The van der Waals surface area contributed by atoms with Crippen LogP contribution in [0.1, 0.15) is 18.1 Å². The Morgan fingerprint density at radius 3 is 2.41 bits per heavy atom. The zero-order valence-corrected chi connectivity index (χ0v) is 22.8. The molecule has 0 radical (unpaired) electrons. The number of rotatable bonds is 10. The lowest BCUT2D eigenvalue weighted by molar-refractivity contribution is -0.142. The van der Waals surface area contributed by atoms with Crippen molar-refractivity contribution in [2.75, 3.05) is 13.2 Å². The van der Waals surface area contributed by atoms with Crippen LogP contribution in [0.5, 0.6) is 5.75 Å². The molecule has 1 unspecified atom stereocenters. The van der Waals surface area contributed by atoms with E-state index >= 15 is 0 Å². The lowest BCUT2D eigenvalue weighted by Crippen LogP contribution is -2.51. The van der Waals surface area contributed by atoms with Crippen LogP contribution in [-0.4, -0.2) is 35.9 Å². The van der Waals surface area contributed by atoms with E-state index < -0.39 is 6.04 Å². The van der Waals surface area contributed by atoms with E-state index in [4.69, 9.17) is 16.3 Å². The lowest BCUT2D eigenvalue weighted by Gasteiger charge is -2.31. The highest BCUT2D eigenvalue weighted by molar-refractivity contribution is 9.10. The molecule has 0 bridgehead atoms. The molecule has 5 nitrogen and oxygen atoms in total. The minimum absolute atomic E-state index is 0.176. The van der Waals surface area contributed by atoms with Gasteiger partial charge in [0.05, 0.1) is 4.47 Å². The zero-order valence-electron chi connectivity index (χ0n) is 20.5. The van der Waals surface area contributed by atoms with Gasteiger partial charge in [0, 0.05) is 24.5 Å². The largest absolute Gasteiger partial charge is 0.483 e. The maximum absolute atomic E-state index is 13.7. The Labute approximate surface area is 230 Å². The van der Waals surface area contributed by atoms with E-state index in [-0.39, 0.29) is 25.0 Å². The predicted octanol–water partition coefficient (Wildman–Crippen LogP) is 6.41.